The van der Waals surface area contributed by atoms with Gasteiger partial charge in [-0.05, 0) is 52.4 Å². The molecule has 0 saturated heterocycles. The predicted molar refractivity (Wildman–Crippen MR) is 131 cm³/mol. The zero-order chi connectivity index (χ0) is 23.2. The molecule has 0 saturated carbocycles. The zero-order valence-electron chi connectivity index (χ0n) is 19.0. The van der Waals surface area contributed by atoms with Gasteiger partial charge in [0.25, 0.3) is 0 Å². The van der Waals surface area contributed by atoms with E-state index >= 15 is 0 Å². The second-order valence-electron chi connectivity index (χ2n) is 9.62. The van der Waals surface area contributed by atoms with Crippen LogP contribution in [-0.4, -0.2) is 17.4 Å². The van der Waals surface area contributed by atoms with Crippen molar-refractivity contribution in [2.24, 2.45) is 0 Å². The topological polar surface area (TPSA) is 38.8 Å². The maximum atomic E-state index is 13.1. The van der Waals surface area contributed by atoms with Crippen molar-refractivity contribution >= 4 is 23.5 Å². The normalized spacial score (nSPS) is 16.8. The minimum atomic E-state index is -0.0949. The predicted octanol–water partition coefficient (Wildman–Crippen LogP) is 6.61. The number of rotatable bonds is 3. The zero-order valence-corrected chi connectivity index (χ0v) is 19.8. The van der Waals surface area contributed by atoms with Gasteiger partial charge < -0.3 is 9.47 Å². The average Bonchev–Trinajstić information content (AvgIpc) is 3.11. The minimum absolute atomic E-state index is 0.0819. The lowest BCUT2D eigenvalue weighted by atomic mass is 9.86. The molecule has 0 atom stereocenters. The number of halogens is 1. The van der Waals surface area contributed by atoms with Gasteiger partial charge in [0.15, 0.2) is 5.76 Å². The Morgan fingerprint density at radius 1 is 1.00 bits per heavy atom. The molecule has 168 valence electrons. The van der Waals surface area contributed by atoms with E-state index in [1.54, 1.807) is 6.07 Å². The monoisotopic (exact) mass is 459 g/mol. The molecule has 2 aliphatic rings. The first-order valence-electron chi connectivity index (χ1n) is 11.1. The van der Waals surface area contributed by atoms with E-state index in [1.165, 1.54) is 5.56 Å². The Balaban J connectivity index is 1.38. The molecule has 0 amide bonds. The number of ketones is 1. The highest BCUT2D eigenvalue weighted by Gasteiger charge is 2.33. The molecule has 5 heteroatoms. The van der Waals surface area contributed by atoms with Gasteiger partial charge in [0.05, 0.1) is 11.1 Å². The summed E-state index contributed by atoms with van der Waals surface area (Å²) < 4.78 is 12.1. The number of nitrogens with zero attached hydrogens (tertiary/aromatic N) is 1. The fraction of sp³-hybridized carbons (Fsp3) is 0.250. The van der Waals surface area contributed by atoms with Crippen molar-refractivity contribution in [2.45, 2.75) is 39.3 Å². The average molecular weight is 460 g/mol. The molecular formula is C28H26ClNO3. The molecule has 0 N–H and O–H groups in total. The molecule has 5 rings (SSSR count). The highest BCUT2D eigenvalue weighted by atomic mass is 35.5. The Morgan fingerprint density at radius 2 is 1.73 bits per heavy atom. The fourth-order valence-electron chi connectivity index (χ4n) is 4.18. The van der Waals surface area contributed by atoms with Gasteiger partial charge in [0.1, 0.15) is 18.2 Å². The molecule has 0 aliphatic carbocycles. The molecule has 3 aromatic carbocycles. The van der Waals surface area contributed by atoms with E-state index in [0.717, 1.165) is 34.0 Å². The molecule has 0 unspecified atom stereocenters. The van der Waals surface area contributed by atoms with E-state index in [0.29, 0.717) is 30.3 Å². The molecular weight excluding hydrogens is 434 g/mol. The van der Waals surface area contributed by atoms with E-state index in [4.69, 9.17) is 21.1 Å². The van der Waals surface area contributed by atoms with Crippen LogP contribution in [-0.2, 0) is 18.5 Å². The number of hydrogen-bond donors (Lipinski definition) is 0. The lowest BCUT2D eigenvalue weighted by Crippen LogP contribution is -2.31. The molecule has 3 aromatic rings. The Labute approximate surface area is 199 Å². The van der Waals surface area contributed by atoms with Gasteiger partial charge in [-0.15, -0.1) is 0 Å². The number of ether oxygens (including phenoxy) is 2. The molecule has 2 aliphatic heterocycles. The van der Waals surface area contributed by atoms with Crippen molar-refractivity contribution in [1.29, 1.82) is 0 Å². The highest BCUT2D eigenvalue weighted by Crippen LogP contribution is 2.42. The molecule has 0 aromatic heterocycles. The van der Waals surface area contributed by atoms with E-state index in [-0.39, 0.29) is 11.2 Å². The summed E-state index contributed by atoms with van der Waals surface area (Å²) in [5, 5.41) is 0.719. The van der Waals surface area contributed by atoms with Crippen molar-refractivity contribution in [1.82, 2.24) is 4.90 Å². The van der Waals surface area contributed by atoms with Crippen molar-refractivity contribution in [3.8, 4) is 11.5 Å². The Kier molecular flexibility index (Phi) is 5.51. The molecule has 2 heterocycles. The molecule has 33 heavy (non-hydrogen) atoms. The van der Waals surface area contributed by atoms with Crippen LogP contribution >= 0.6 is 11.6 Å². The first-order valence-corrected chi connectivity index (χ1v) is 11.5. The van der Waals surface area contributed by atoms with Crippen LogP contribution in [0.15, 0.2) is 66.4 Å². The maximum absolute atomic E-state index is 13.1. The lowest BCUT2D eigenvalue weighted by Gasteiger charge is -2.29. The van der Waals surface area contributed by atoms with Crippen LogP contribution in [0.4, 0.5) is 0 Å². The van der Waals surface area contributed by atoms with E-state index < -0.39 is 0 Å². The summed E-state index contributed by atoms with van der Waals surface area (Å²) in [6, 6.07) is 19.7. The van der Waals surface area contributed by atoms with Gasteiger partial charge >= 0.3 is 0 Å². The second kappa shape index (κ2) is 8.36. The number of carbonyl (C=O) groups is 1. The quantitative estimate of drug-likeness (QED) is 0.413. The van der Waals surface area contributed by atoms with Gasteiger partial charge in [0.2, 0.25) is 5.78 Å². The summed E-state index contributed by atoms with van der Waals surface area (Å²) in [4.78, 5) is 15.2. The van der Waals surface area contributed by atoms with E-state index in [2.05, 4.69) is 37.8 Å². The minimum Gasteiger partial charge on any atom is -0.478 e. The fourth-order valence-corrected chi connectivity index (χ4v) is 4.31. The van der Waals surface area contributed by atoms with E-state index in [9.17, 15) is 4.79 Å². The molecule has 0 radical (unpaired) electrons. The molecule has 0 spiro atoms. The summed E-state index contributed by atoms with van der Waals surface area (Å²) in [6.07, 6.45) is 1.82. The SMILES string of the molecule is CC(C)(C)c1ccc(/C=C2\Oc3c(ccc4c3CN(Cc3ccc(Cl)cc3)CO4)C2=O)cc1. The van der Waals surface area contributed by atoms with Crippen LogP contribution in [0.1, 0.15) is 53.4 Å². The van der Waals surface area contributed by atoms with Gasteiger partial charge in [-0.1, -0.05) is 68.8 Å². The highest BCUT2D eigenvalue weighted by molar-refractivity contribution is 6.30. The van der Waals surface area contributed by atoms with E-state index in [1.807, 2.05) is 48.5 Å². The number of benzene rings is 3. The number of hydrogen-bond acceptors (Lipinski definition) is 4. The van der Waals surface area contributed by atoms with Crippen LogP contribution < -0.4 is 9.47 Å². The van der Waals surface area contributed by atoms with Crippen molar-refractivity contribution in [3.05, 3.63) is 99.3 Å². The summed E-state index contributed by atoms with van der Waals surface area (Å²) >= 11 is 6.01. The van der Waals surface area contributed by atoms with Gasteiger partial charge in [-0.2, -0.15) is 0 Å². The first kappa shape index (κ1) is 21.7. The van der Waals surface area contributed by atoms with Crippen LogP contribution in [0.3, 0.4) is 0 Å². The summed E-state index contributed by atoms with van der Waals surface area (Å²) in [7, 11) is 0. The number of fused-ring (bicyclic) bond motifs is 3. The molecule has 0 bridgehead atoms. The smallest absolute Gasteiger partial charge is 0.231 e. The first-order chi connectivity index (χ1) is 15.8. The lowest BCUT2D eigenvalue weighted by molar-refractivity contribution is 0.0873. The Bertz CT molecular complexity index is 1240. The number of allylic oxidation sites excluding steroid dienone is 1. The Hall–Kier alpha value is -3.08. The van der Waals surface area contributed by atoms with Crippen molar-refractivity contribution in [2.75, 3.05) is 6.73 Å². The second-order valence-corrected chi connectivity index (χ2v) is 10.1. The van der Waals surface area contributed by atoms with Crippen LogP contribution in [0, 0.1) is 0 Å². The third kappa shape index (κ3) is 4.41. The van der Waals surface area contributed by atoms with Crippen molar-refractivity contribution in [3.63, 3.8) is 0 Å². The summed E-state index contributed by atoms with van der Waals surface area (Å²) in [5.41, 5.74) is 4.91. The maximum Gasteiger partial charge on any atom is 0.231 e. The standard InChI is InChI=1S/C28H26ClNO3/c1-28(2,3)20-8-4-18(5-9-20)14-25-26(31)22-12-13-24-23(27(22)33-25)16-30(17-32-24)15-19-6-10-21(29)11-7-19/h4-14H,15-17H2,1-3H3/b25-14-. The Morgan fingerprint density at radius 3 is 2.42 bits per heavy atom. The summed E-state index contributed by atoms with van der Waals surface area (Å²) in [5.74, 6) is 1.62. The van der Waals surface area contributed by atoms with Gasteiger partial charge in [0, 0.05) is 18.1 Å². The third-order valence-corrected chi connectivity index (χ3v) is 6.33. The van der Waals surface area contributed by atoms with Crippen LogP contribution in [0.5, 0.6) is 11.5 Å². The van der Waals surface area contributed by atoms with Gasteiger partial charge in [-0.25, -0.2) is 0 Å². The van der Waals surface area contributed by atoms with Crippen molar-refractivity contribution < 1.29 is 14.3 Å². The number of Topliss-reactive ketones (excluding diaryl/α,β-unsaturated/α-hetero) is 1. The third-order valence-electron chi connectivity index (χ3n) is 6.08. The largest absolute Gasteiger partial charge is 0.478 e. The molecule has 4 nitrogen and oxygen atoms in total. The molecule has 0 fully saturated rings. The number of carbonyl (C=O) groups excluding carboxylic acids is 1. The van der Waals surface area contributed by atoms with Crippen LogP contribution in [0.2, 0.25) is 5.02 Å². The van der Waals surface area contributed by atoms with Crippen LogP contribution in [0.25, 0.3) is 6.08 Å². The summed E-state index contributed by atoms with van der Waals surface area (Å²) in [6.45, 7) is 8.39. The van der Waals surface area contributed by atoms with Gasteiger partial charge in [-0.3, -0.25) is 9.69 Å².